The van der Waals surface area contributed by atoms with Crippen LogP contribution in [0.5, 0.6) is 5.75 Å². The first-order chi connectivity index (χ1) is 13.1. The van der Waals surface area contributed by atoms with Gasteiger partial charge in [-0.25, -0.2) is 9.79 Å². The lowest BCUT2D eigenvalue weighted by atomic mass is 10.1. The first-order valence-corrected chi connectivity index (χ1v) is 9.23. The number of hydrogen-bond acceptors (Lipinski definition) is 6. The Labute approximate surface area is 162 Å². The minimum absolute atomic E-state index is 0.0758. The number of aliphatic hydroxyl groups excluding tert-OH is 1. The number of para-hydroxylation sites is 2. The number of thioether (sulfide) groups is 1. The molecule has 27 heavy (non-hydrogen) atoms. The summed E-state index contributed by atoms with van der Waals surface area (Å²) < 4.78 is 10.5. The maximum absolute atomic E-state index is 12.4. The standard InChI is InChI=1S/C21H19NO4S/c1-3-26-21(24)18-19(23)17(13-14-9-7-8-12-16(14)25-2)27-20(18)22-15-10-5-4-6-11-15/h4-13,23H,3H2,1-2H3. The average molecular weight is 381 g/mol. The highest BCUT2D eigenvalue weighted by Gasteiger charge is 2.33. The third-order valence-electron chi connectivity index (χ3n) is 3.78. The molecule has 2 aromatic carbocycles. The van der Waals surface area contributed by atoms with Crippen LogP contribution in [0.15, 0.2) is 75.8 Å². The Kier molecular flexibility index (Phi) is 5.98. The van der Waals surface area contributed by atoms with E-state index in [-0.39, 0.29) is 17.9 Å². The van der Waals surface area contributed by atoms with E-state index in [1.807, 2.05) is 54.6 Å². The molecule has 6 heteroatoms. The lowest BCUT2D eigenvalue weighted by Gasteiger charge is -2.05. The van der Waals surface area contributed by atoms with Crippen molar-refractivity contribution >= 4 is 34.5 Å². The van der Waals surface area contributed by atoms with Crippen LogP contribution in [0.1, 0.15) is 12.5 Å². The van der Waals surface area contributed by atoms with Gasteiger partial charge in [0.25, 0.3) is 0 Å². The van der Waals surface area contributed by atoms with E-state index in [1.54, 1.807) is 20.1 Å². The van der Waals surface area contributed by atoms with Gasteiger partial charge in [-0.2, -0.15) is 0 Å². The van der Waals surface area contributed by atoms with Crippen LogP contribution in [0.25, 0.3) is 6.08 Å². The quantitative estimate of drug-likeness (QED) is 0.747. The fourth-order valence-electron chi connectivity index (χ4n) is 2.54. The zero-order valence-corrected chi connectivity index (χ0v) is 15.8. The highest BCUT2D eigenvalue weighted by molar-refractivity contribution is 8.18. The Hall–Kier alpha value is -2.99. The molecule has 0 saturated carbocycles. The van der Waals surface area contributed by atoms with Crippen LogP contribution in [0.4, 0.5) is 5.69 Å². The van der Waals surface area contributed by atoms with Crippen molar-refractivity contribution in [3.05, 3.63) is 76.4 Å². The van der Waals surface area contributed by atoms with Gasteiger partial charge in [0.1, 0.15) is 22.1 Å². The van der Waals surface area contributed by atoms with Crippen molar-refractivity contribution in [1.29, 1.82) is 0 Å². The second kappa shape index (κ2) is 8.60. The summed E-state index contributed by atoms with van der Waals surface area (Å²) in [5.41, 5.74) is 1.55. The molecule has 0 radical (unpaired) electrons. The molecule has 0 atom stereocenters. The van der Waals surface area contributed by atoms with Gasteiger partial charge in [-0.15, -0.1) is 0 Å². The molecule has 1 aliphatic heterocycles. The predicted octanol–water partition coefficient (Wildman–Crippen LogP) is 4.89. The second-order valence-corrected chi connectivity index (χ2v) is 6.58. The van der Waals surface area contributed by atoms with Gasteiger partial charge in [-0.3, -0.25) is 0 Å². The van der Waals surface area contributed by atoms with Gasteiger partial charge < -0.3 is 14.6 Å². The lowest BCUT2D eigenvalue weighted by molar-refractivity contribution is -0.138. The third-order valence-corrected chi connectivity index (χ3v) is 4.80. The van der Waals surface area contributed by atoms with Crippen molar-refractivity contribution in [2.45, 2.75) is 6.92 Å². The average Bonchev–Trinajstić information content (AvgIpc) is 2.98. The predicted molar refractivity (Wildman–Crippen MR) is 108 cm³/mol. The number of benzene rings is 2. The molecule has 3 rings (SSSR count). The molecule has 0 spiro atoms. The van der Waals surface area contributed by atoms with Gasteiger partial charge in [0.15, 0.2) is 0 Å². The van der Waals surface area contributed by atoms with Crippen LogP contribution in [-0.2, 0) is 9.53 Å². The summed E-state index contributed by atoms with van der Waals surface area (Å²) in [6.07, 6.45) is 1.77. The fourth-order valence-corrected chi connectivity index (χ4v) is 3.56. The number of methoxy groups -OCH3 is 1. The van der Waals surface area contributed by atoms with E-state index in [0.717, 1.165) is 5.56 Å². The molecule has 1 aliphatic rings. The number of aliphatic hydroxyl groups is 1. The van der Waals surface area contributed by atoms with Crippen LogP contribution in [0.3, 0.4) is 0 Å². The normalized spacial score (nSPS) is 16.8. The number of carbonyl (C=O) groups excluding carboxylic acids is 1. The topological polar surface area (TPSA) is 68.1 Å². The van der Waals surface area contributed by atoms with Crippen LogP contribution in [0.2, 0.25) is 0 Å². The van der Waals surface area contributed by atoms with E-state index in [9.17, 15) is 9.90 Å². The maximum Gasteiger partial charge on any atom is 0.344 e. The number of esters is 1. The van der Waals surface area contributed by atoms with Gasteiger partial charge >= 0.3 is 5.97 Å². The molecular formula is C21H19NO4S. The Balaban J connectivity index is 2.06. The Bertz CT molecular complexity index is 932. The monoisotopic (exact) mass is 381 g/mol. The summed E-state index contributed by atoms with van der Waals surface area (Å²) in [5, 5.41) is 11.1. The van der Waals surface area contributed by atoms with Crippen LogP contribution >= 0.6 is 11.8 Å². The van der Waals surface area contributed by atoms with Crippen LogP contribution < -0.4 is 4.74 Å². The Morgan fingerprint density at radius 1 is 1.15 bits per heavy atom. The van der Waals surface area contributed by atoms with Crippen molar-refractivity contribution in [3.63, 3.8) is 0 Å². The van der Waals surface area contributed by atoms with E-state index < -0.39 is 5.97 Å². The zero-order valence-electron chi connectivity index (χ0n) is 15.0. The lowest BCUT2D eigenvalue weighted by Crippen LogP contribution is -2.12. The van der Waals surface area contributed by atoms with Crippen LogP contribution in [0, 0.1) is 0 Å². The molecule has 138 valence electrons. The number of carbonyl (C=O) groups is 1. The molecule has 0 bridgehead atoms. The minimum Gasteiger partial charge on any atom is -0.506 e. The summed E-state index contributed by atoms with van der Waals surface area (Å²) in [4.78, 5) is 17.4. The summed E-state index contributed by atoms with van der Waals surface area (Å²) in [6.45, 7) is 1.93. The van der Waals surface area contributed by atoms with Gasteiger partial charge in [0.05, 0.1) is 24.3 Å². The minimum atomic E-state index is -0.597. The summed E-state index contributed by atoms with van der Waals surface area (Å²) in [6, 6.07) is 16.7. The van der Waals surface area contributed by atoms with Crippen molar-refractivity contribution in [2.75, 3.05) is 13.7 Å². The third kappa shape index (κ3) is 4.23. The van der Waals surface area contributed by atoms with Gasteiger partial charge in [0, 0.05) is 5.56 Å². The Morgan fingerprint density at radius 2 is 1.85 bits per heavy atom. The molecule has 5 nitrogen and oxygen atoms in total. The SMILES string of the molecule is CCOC(=O)C1=C(O)C(=Cc2ccccc2OC)SC1=Nc1ccccc1. The first-order valence-electron chi connectivity index (χ1n) is 8.41. The fraction of sp³-hybridized carbons (Fsp3) is 0.143. The number of nitrogens with zero attached hydrogens (tertiary/aromatic N) is 1. The molecule has 0 unspecified atom stereocenters. The van der Waals surface area contributed by atoms with E-state index in [2.05, 4.69) is 4.99 Å². The first kappa shape index (κ1) is 18.8. The molecule has 2 aromatic rings. The van der Waals surface area contributed by atoms with Crippen LogP contribution in [-0.4, -0.2) is 29.8 Å². The molecule has 0 saturated heterocycles. The molecule has 0 aromatic heterocycles. The van der Waals surface area contributed by atoms with Crippen molar-refractivity contribution in [2.24, 2.45) is 4.99 Å². The van der Waals surface area contributed by atoms with Gasteiger partial charge in [-0.05, 0) is 31.2 Å². The Morgan fingerprint density at radius 3 is 2.56 bits per heavy atom. The van der Waals surface area contributed by atoms with Gasteiger partial charge in [-0.1, -0.05) is 48.2 Å². The largest absolute Gasteiger partial charge is 0.506 e. The summed E-state index contributed by atoms with van der Waals surface area (Å²) in [7, 11) is 1.58. The maximum atomic E-state index is 12.4. The van der Waals surface area contributed by atoms with E-state index >= 15 is 0 Å². The smallest absolute Gasteiger partial charge is 0.344 e. The summed E-state index contributed by atoms with van der Waals surface area (Å²) in [5.74, 6) is -0.0656. The second-order valence-electron chi connectivity index (χ2n) is 5.55. The molecule has 0 aliphatic carbocycles. The molecule has 0 amide bonds. The summed E-state index contributed by atoms with van der Waals surface area (Å²) >= 11 is 1.22. The van der Waals surface area contributed by atoms with Gasteiger partial charge in [0.2, 0.25) is 0 Å². The van der Waals surface area contributed by atoms with Crippen molar-refractivity contribution < 1.29 is 19.4 Å². The molecular weight excluding hydrogens is 362 g/mol. The number of rotatable bonds is 5. The van der Waals surface area contributed by atoms with Crippen molar-refractivity contribution in [1.82, 2.24) is 0 Å². The van der Waals surface area contributed by atoms with Crippen molar-refractivity contribution in [3.8, 4) is 5.75 Å². The number of aliphatic imine (C=N–C) groups is 1. The molecule has 1 N–H and O–H groups in total. The zero-order chi connectivity index (χ0) is 19.2. The van der Waals surface area contributed by atoms with E-state index in [1.165, 1.54) is 11.8 Å². The van der Waals surface area contributed by atoms with E-state index in [0.29, 0.717) is 21.4 Å². The number of ether oxygens (including phenoxy) is 2. The molecule has 1 heterocycles. The highest BCUT2D eigenvalue weighted by Crippen LogP contribution is 2.41. The highest BCUT2D eigenvalue weighted by atomic mass is 32.2. The van der Waals surface area contributed by atoms with E-state index in [4.69, 9.17) is 9.47 Å². The molecule has 0 fully saturated rings. The number of hydrogen-bond donors (Lipinski definition) is 1.